The van der Waals surface area contributed by atoms with Gasteiger partial charge in [-0.15, -0.1) is 0 Å². The Hall–Kier alpha value is -2.97. The second kappa shape index (κ2) is 9.49. The fourth-order valence-electron chi connectivity index (χ4n) is 2.51. The van der Waals surface area contributed by atoms with Crippen LogP contribution in [0.1, 0.15) is 33.4 Å². The van der Waals surface area contributed by atoms with E-state index in [2.05, 4.69) is 15.5 Å². The van der Waals surface area contributed by atoms with E-state index in [4.69, 9.17) is 22.1 Å². The van der Waals surface area contributed by atoms with E-state index in [9.17, 15) is 9.18 Å². The number of hydrazone groups is 1. The van der Waals surface area contributed by atoms with Crippen molar-refractivity contribution in [1.82, 2.24) is 10.4 Å². The fourth-order valence-corrected chi connectivity index (χ4v) is 3.54. The lowest BCUT2D eigenvalue weighted by molar-refractivity contribution is 0.0958. The summed E-state index contributed by atoms with van der Waals surface area (Å²) in [5.74, 6) is -0.273. The monoisotopic (exact) mass is 432 g/mol. The molecule has 0 unspecified atom stereocenters. The number of hydrogen-bond acceptors (Lipinski definition) is 6. The van der Waals surface area contributed by atoms with E-state index in [0.717, 1.165) is 11.3 Å². The molecule has 0 aliphatic rings. The lowest BCUT2D eigenvalue weighted by Gasteiger charge is -2.09. The van der Waals surface area contributed by atoms with Crippen LogP contribution in [0.5, 0.6) is 5.75 Å². The molecule has 2 aromatic carbocycles. The predicted octanol–water partition coefficient (Wildman–Crippen LogP) is 4.42. The van der Waals surface area contributed by atoms with Crippen LogP contribution in [0.2, 0.25) is 5.02 Å². The molecule has 0 bridgehead atoms. The summed E-state index contributed by atoms with van der Waals surface area (Å²) in [5.41, 5.74) is 9.75. The number of carbonyl (C=O) groups excluding carboxylic acids is 1. The van der Waals surface area contributed by atoms with Crippen molar-refractivity contribution in [1.29, 1.82) is 0 Å². The third-order valence-electron chi connectivity index (χ3n) is 3.94. The Morgan fingerprint density at radius 1 is 1.38 bits per heavy atom. The highest BCUT2D eigenvalue weighted by molar-refractivity contribution is 7.17. The van der Waals surface area contributed by atoms with E-state index in [0.29, 0.717) is 38.5 Å². The Balaban J connectivity index is 1.63. The quantitative estimate of drug-likeness (QED) is 0.427. The van der Waals surface area contributed by atoms with Crippen LogP contribution >= 0.6 is 22.9 Å². The first kappa shape index (κ1) is 20.8. The van der Waals surface area contributed by atoms with Gasteiger partial charge in [-0.25, -0.2) is 14.8 Å². The van der Waals surface area contributed by atoms with Crippen LogP contribution in [0.4, 0.5) is 9.52 Å². The number of aryl methyl sites for hydroxylation is 1. The number of amides is 1. The van der Waals surface area contributed by atoms with Gasteiger partial charge in [0.05, 0.1) is 16.9 Å². The normalized spacial score (nSPS) is 11.0. The predicted molar refractivity (Wildman–Crippen MR) is 113 cm³/mol. The van der Waals surface area contributed by atoms with Crippen molar-refractivity contribution in [3.63, 3.8) is 0 Å². The molecule has 9 heteroatoms. The van der Waals surface area contributed by atoms with Crippen molar-refractivity contribution in [2.75, 3.05) is 5.73 Å². The second-order valence-corrected chi connectivity index (χ2v) is 7.38. The molecule has 0 radical (unpaired) electrons. The Kier molecular flexibility index (Phi) is 6.79. The standard InChI is InChI=1S/C20H18ClFN4O2S/c1-2-17-18(29-20(23)25-17)19(27)26-24-10-12-5-3-6-13(9-12)28-11-14-15(21)7-4-8-16(14)22/h3-10H,2,11H2,1H3,(H2,23,25)(H,26,27)/b24-10+. The summed E-state index contributed by atoms with van der Waals surface area (Å²) in [5, 5.41) is 4.62. The number of thiazole rings is 1. The Morgan fingerprint density at radius 2 is 2.17 bits per heavy atom. The number of nitrogens with zero attached hydrogens (tertiary/aromatic N) is 2. The third kappa shape index (κ3) is 5.30. The van der Waals surface area contributed by atoms with Crippen LogP contribution in [0.15, 0.2) is 47.6 Å². The first-order valence-corrected chi connectivity index (χ1v) is 9.91. The summed E-state index contributed by atoms with van der Waals surface area (Å²) in [6, 6.07) is 11.5. The summed E-state index contributed by atoms with van der Waals surface area (Å²) in [6.07, 6.45) is 2.09. The van der Waals surface area contributed by atoms with Crippen LogP contribution in [0.25, 0.3) is 0 Å². The summed E-state index contributed by atoms with van der Waals surface area (Å²) in [7, 11) is 0. The van der Waals surface area contributed by atoms with E-state index in [-0.39, 0.29) is 18.1 Å². The molecule has 3 aromatic rings. The Morgan fingerprint density at radius 3 is 2.93 bits per heavy atom. The minimum absolute atomic E-state index is 0.00453. The number of rotatable bonds is 7. The zero-order valence-corrected chi connectivity index (χ0v) is 17.1. The molecule has 3 N–H and O–H groups in total. The smallest absolute Gasteiger partial charge is 0.283 e. The second-order valence-electron chi connectivity index (χ2n) is 5.94. The zero-order valence-electron chi connectivity index (χ0n) is 15.5. The molecule has 0 saturated carbocycles. The molecule has 1 amide bonds. The van der Waals surface area contributed by atoms with Gasteiger partial charge < -0.3 is 10.5 Å². The minimum Gasteiger partial charge on any atom is -0.489 e. The van der Waals surface area contributed by atoms with Crippen molar-refractivity contribution >= 4 is 40.2 Å². The third-order valence-corrected chi connectivity index (χ3v) is 5.22. The molecule has 6 nitrogen and oxygen atoms in total. The van der Waals surface area contributed by atoms with Crippen LogP contribution in [-0.4, -0.2) is 17.1 Å². The number of nitrogen functional groups attached to an aromatic ring is 1. The highest BCUT2D eigenvalue weighted by Crippen LogP contribution is 2.22. The van der Waals surface area contributed by atoms with E-state index in [1.165, 1.54) is 18.3 Å². The number of nitrogens with one attached hydrogen (secondary N) is 1. The maximum atomic E-state index is 13.8. The highest BCUT2D eigenvalue weighted by atomic mass is 35.5. The lowest BCUT2D eigenvalue weighted by Crippen LogP contribution is -2.17. The Bertz CT molecular complexity index is 1030. The Labute approximate surface area is 176 Å². The molecular formula is C20H18ClFN4O2S. The van der Waals surface area contributed by atoms with Gasteiger partial charge in [0.15, 0.2) is 5.13 Å². The number of benzene rings is 2. The van der Waals surface area contributed by atoms with Gasteiger partial charge in [-0.2, -0.15) is 5.10 Å². The van der Waals surface area contributed by atoms with E-state index < -0.39 is 5.82 Å². The van der Waals surface area contributed by atoms with Crippen LogP contribution < -0.4 is 15.9 Å². The van der Waals surface area contributed by atoms with Crippen LogP contribution in [-0.2, 0) is 13.0 Å². The molecule has 29 heavy (non-hydrogen) atoms. The number of halogens is 2. The topological polar surface area (TPSA) is 89.6 Å². The molecule has 1 aromatic heterocycles. The maximum absolute atomic E-state index is 13.8. The molecule has 0 aliphatic heterocycles. The zero-order chi connectivity index (χ0) is 20.8. The van der Waals surface area contributed by atoms with Crippen molar-refractivity contribution in [2.24, 2.45) is 5.10 Å². The number of ether oxygens (including phenoxy) is 1. The molecule has 150 valence electrons. The van der Waals surface area contributed by atoms with E-state index in [1.54, 1.807) is 30.3 Å². The highest BCUT2D eigenvalue weighted by Gasteiger charge is 2.15. The van der Waals surface area contributed by atoms with Crippen molar-refractivity contribution in [3.8, 4) is 5.75 Å². The molecular weight excluding hydrogens is 415 g/mol. The molecule has 0 saturated heterocycles. The van der Waals surface area contributed by atoms with Gasteiger partial charge in [0.1, 0.15) is 23.1 Å². The van der Waals surface area contributed by atoms with Gasteiger partial charge in [-0.3, -0.25) is 4.79 Å². The van der Waals surface area contributed by atoms with Crippen LogP contribution in [0.3, 0.4) is 0 Å². The minimum atomic E-state index is -0.423. The summed E-state index contributed by atoms with van der Waals surface area (Å²) < 4.78 is 19.5. The molecule has 1 heterocycles. The SMILES string of the molecule is CCc1nc(N)sc1C(=O)N/N=C/c1cccc(OCc2c(F)cccc2Cl)c1. The number of nitrogens with two attached hydrogens (primary N) is 1. The van der Waals surface area contributed by atoms with Gasteiger partial charge in [-0.05, 0) is 36.2 Å². The van der Waals surface area contributed by atoms with E-state index >= 15 is 0 Å². The maximum Gasteiger partial charge on any atom is 0.283 e. The summed E-state index contributed by atoms with van der Waals surface area (Å²) in [6.45, 7) is 1.89. The van der Waals surface area contributed by atoms with Crippen molar-refractivity contribution in [3.05, 3.63) is 75.0 Å². The summed E-state index contributed by atoms with van der Waals surface area (Å²) in [4.78, 5) is 16.8. The molecule has 0 atom stereocenters. The first-order valence-electron chi connectivity index (χ1n) is 8.72. The van der Waals surface area contributed by atoms with Crippen LogP contribution in [0, 0.1) is 5.82 Å². The first-order chi connectivity index (χ1) is 14.0. The van der Waals surface area contributed by atoms with Gasteiger partial charge in [0.2, 0.25) is 0 Å². The van der Waals surface area contributed by atoms with Crippen molar-refractivity contribution in [2.45, 2.75) is 20.0 Å². The fraction of sp³-hybridized carbons (Fsp3) is 0.150. The average Bonchev–Trinajstić information content (AvgIpc) is 3.09. The van der Waals surface area contributed by atoms with Gasteiger partial charge in [0.25, 0.3) is 5.91 Å². The number of aromatic nitrogens is 1. The molecule has 3 rings (SSSR count). The van der Waals surface area contributed by atoms with E-state index in [1.807, 2.05) is 6.92 Å². The van der Waals surface area contributed by atoms with Gasteiger partial charge >= 0.3 is 0 Å². The number of hydrogen-bond donors (Lipinski definition) is 2. The number of carbonyl (C=O) groups is 1. The van der Waals surface area contributed by atoms with Crippen molar-refractivity contribution < 1.29 is 13.9 Å². The average molecular weight is 433 g/mol. The van der Waals surface area contributed by atoms with Gasteiger partial charge in [0, 0.05) is 5.56 Å². The number of anilines is 1. The molecule has 0 fully saturated rings. The largest absolute Gasteiger partial charge is 0.489 e. The lowest BCUT2D eigenvalue weighted by atomic mass is 10.2. The molecule has 0 spiro atoms. The molecule has 0 aliphatic carbocycles. The summed E-state index contributed by atoms with van der Waals surface area (Å²) >= 11 is 7.13. The van der Waals surface area contributed by atoms with Gasteiger partial charge in [-0.1, -0.05) is 48.1 Å².